The van der Waals surface area contributed by atoms with Crippen LogP contribution in [0.15, 0.2) is 42.5 Å². The van der Waals surface area contributed by atoms with E-state index in [9.17, 15) is 14.4 Å². The number of esters is 1. The quantitative estimate of drug-likeness (QED) is 0.738. The standard InChI is InChI=1S/C19H19ClN2O5/c1-12-8-14(20)9-13(2)18(12)27-11-17(24)26-10-16(23)22-19(25)21-15-6-4-3-5-7-15/h3-9H,10-11H2,1-2H3,(H2,21,22,23,25). The molecule has 0 bridgehead atoms. The molecule has 0 unspecified atom stereocenters. The van der Waals surface area contributed by atoms with Crippen LogP contribution in [-0.4, -0.2) is 31.1 Å². The van der Waals surface area contributed by atoms with Gasteiger partial charge in [0.1, 0.15) is 5.75 Å². The van der Waals surface area contributed by atoms with Crippen LogP contribution in [0.3, 0.4) is 0 Å². The molecule has 2 rings (SSSR count). The molecule has 7 nitrogen and oxygen atoms in total. The molecule has 0 aliphatic carbocycles. The number of anilines is 1. The molecule has 3 amide bonds. The highest BCUT2D eigenvalue weighted by Gasteiger charge is 2.13. The van der Waals surface area contributed by atoms with Crippen molar-refractivity contribution in [3.05, 3.63) is 58.6 Å². The van der Waals surface area contributed by atoms with Gasteiger partial charge in [-0.2, -0.15) is 0 Å². The van der Waals surface area contributed by atoms with Crippen LogP contribution >= 0.6 is 11.6 Å². The van der Waals surface area contributed by atoms with Crippen molar-refractivity contribution in [1.29, 1.82) is 0 Å². The topological polar surface area (TPSA) is 93.7 Å². The number of hydrogen-bond donors (Lipinski definition) is 2. The molecule has 2 aromatic rings. The van der Waals surface area contributed by atoms with Gasteiger partial charge >= 0.3 is 12.0 Å². The lowest BCUT2D eigenvalue weighted by molar-refractivity contribution is -0.150. The first-order valence-corrected chi connectivity index (χ1v) is 8.44. The van der Waals surface area contributed by atoms with Gasteiger partial charge < -0.3 is 14.8 Å². The van der Waals surface area contributed by atoms with E-state index in [0.29, 0.717) is 16.5 Å². The number of para-hydroxylation sites is 1. The Morgan fingerprint density at radius 3 is 2.26 bits per heavy atom. The predicted octanol–water partition coefficient (Wildman–Crippen LogP) is 3.23. The normalized spacial score (nSPS) is 10.0. The maximum atomic E-state index is 11.7. The zero-order valence-electron chi connectivity index (χ0n) is 14.9. The van der Waals surface area contributed by atoms with Crippen LogP contribution in [0, 0.1) is 13.8 Å². The number of carbonyl (C=O) groups excluding carboxylic acids is 3. The van der Waals surface area contributed by atoms with Crippen molar-refractivity contribution in [3.63, 3.8) is 0 Å². The van der Waals surface area contributed by atoms with Gasteiger partial charge in [0.15, 0.2) is 13.2 Å². The van der Waals surface area contributed by atoms with Crippen LogP contribution in [0.25, 0.3) is 0 Å². The van der Waals surface area contributed by atoms with Gasteiger partial charge in [-0.3, -0.25) is 10.1 Å². The lowest BCUT2D eigenvalue weighted by Crippen LogP contribution is -2.37. The summed E-state index contributed by atoms with van der Waals surface area (Å²) in [5.74, 6) is -0.957. The highest BCUT2D eigenvalue weighted by atomic mass is 35.5. The Hall–Kier alpha value is -3.06. The summed E-state index contributed by atoms with van der Waals surface area (Å²) in [6.45, 7) is 2.65. The second-order valence-corrected chi connectivity index (χ2v) is 6.12. The molecule has 0 aliphatic rings. The average Bonchev–Trinajstić information content (AvgIpc) is 2.59. The highest BCUT2D eigenvalue weighted by Crippen LogP contribution is 2.26. The third-order valence-corrected chi connectivity index (χ3v) is 3.63. The average molecular weight is 391 g/mol. The number of rotatable bonds is 6. The molecule has 0 saturated heterocycles. The van der Waals surface area contributed by atoms with Gasteiger partial charge in [0.25, 0.3) is 5.91 Å². The minimum absolute atomic E-state index is 0.368. The molecule has 0 atom stereocenters. The van der Waals surface area contributed by atoms with Gasteiger partial charge in [-0.25, -0.2) is 9.59 Å². The van der Waals surface area contributed by atoms with Crippen LogP contribution in [0.4, 0.5) is 10.5 Å². The summed E-state index contributed by atoms with van der Waals surface area (Å²) in [6, 6.07) is 11.3. The van der Waals surface area contributed by atoms with Gasteiger partial charge in [0.2, 0.25) is 0 Å². The summed E-state index contributed by atoms with van der Waals surface area (Å²) in [5.41, 5.74) is 2.09. The Bertz CT molecular complexity index is 816. The molecule has 8 heteroatoms. The number of carbonyl (C=O) groups is 3. The Labute approximate surface area is 161 Å². The molecule has 142 valence electrons. The summed E-state index contributed by atoms with van der Waals surface area (Å²) < 4.78 is 10.2. The van der Waals surface area contributed by atoms with Gasteiger partial charge in [-0.15, -0.1) is 0 Å². The fourth-order valence-corrected chi connectivity index (χ4v) is 2.62. The van der Waals surface area contributed by atoms with Crippen LogP contribution in [-0.2, 0) is 14.3 Å². The van der Waals surface area contributed by atoms with Crippen molar-refractivity contribution in [2.75, 3.05) is 18.5 Å². The zero-order valence-corrected chi connectivity index (χ0v) is 15.6. The van der Waals surface area contributed by atoms with Crippen LogP contribution in [0.1, 0.15) is 11.1 Å². The van der Waals surface area contributed by atoms with Crippen molar-refractivity contribution < 1.29 is 23.9 Å². The summed E-state index contributed by atoms with van der Waals surface area (Å²) in [4.78, 5) is 35.1. The fraction of sp³-hybridized carbons (Fsp3) is 0.211. The summed E-state index contributed by atoms with van der Waals surface area (Å²) in [6.07, 6.45) is 0. The summed E-state index contributed by atoms with van der Waals surface area (Å²) in [5, 5.41) is 5.11. The maximum absolute atomic E-state index is 11.7. The lowest BCUT2D eigenvalue weighted by Gasteiger charge is -2.12. The molecule has 0 saturated carbocycles. The van der Waals surface area contributed by atoms with Gasteiger partial charge in [-0.05, 0) is 49.2 Å². The Morgan fingerprint density at radius 2 is 1.63 bits per heavy atom. The molecular weight excluding hydrogens is 372 g/mol. The van der Waals surface area contributed by atoms with Crippen LogP contribution < -0.4 is 15.4 Å². The third kappa shape index (κ3) is 6.63. The number of halogens is 1. The Balaban J connectivity index is 1.73. The van der Waals surface area contributed by atoms with Crippen LogP contribution in [0.2, 0.25) is 5.02 Å². The van der Waals surface area contributed by atoms with E-state index in [4.69, 9.17) is 21.1 Å². The van der Waals surface area contributed by atoms with Gasteiger partial charge in [-0.1, -0.05) is 29.8 Å². The molecular formula is C19H19ClN2O5. The van der Waals surface area contributed by atoms with Crippen molar-refractivity contribution >= 4 is 35.2 Å². The number of aryl methyl sites for hydroxylation is 2. The molecule has 0 spiro atoms. The minimum atomic E-state index is -0.754. The van der Waals surface area contributed by atoms with E-state index in [0.717, 1.165) is 11.1 Å². The molecule has 0 fully saturated rings. The van der Waals surface area contributed by atoms with E-state index in [-0.39, 0.29) is 6.61 Å². The monoisotopic (exact) mass is 390 g/mol. The number of amides is 3. The molecule has 27 heavy (non-hydrogen) atoms. The second kappa shape index (κ2) is 9.59. The maximum Gasteiger partial charge on any atom is 0.344 e. The van der Waals surface area contributed by atoms with E-state index in [1.165, 1.54) is 0 Å². The first-order valence-electron chi connectivity index (χ1n) is 8.06. The summed E-state index contributed by atoms with van der Waals surface area (Å²) in [7, 11) is 0. The number of urea groups is 1. The molecule has 0 aliphatic heterocycles. The van der Waals surface area contributed by atoms with Crippen molar-refractivity contribution in [1.82, 2.24) is 5.32 Å². The van der Waals surface area contributed by atoms with Crippen LogP contribution in [0.5, 0.6) is 5.75 Å². The smallest absolute Gasteiger partial charge is 0.344 e. The third-order valence-electron chi connectivity index (χ3n) is 3.41. The summed E-state index contributed by atoms with van der Waals surface area (Å²) >= 11 is 5.94. The van der Waals surface area contributed by atoms with E-state index >= 15 is 0 Å². The number of ether oxygens (including phenoxy) is 2. The molecule has 0 radical (unpaired) electrons. The SMILES string of the molecule is Cc1cc(Cl)cc(C)c1OCC(=O)OCC(=O)NC(=O)Nc1ccccc1. The van der Waals surface area contributed by atoms with Crippen molar-refractivity contribution in [2.24, 2.45) is 0 Å². The minimum Gasteiger partial charge on any atom is -0.481 e. The van der Waals surface area contributed by atoms with Crippen molar-refractivity contribution in [3.8, 4) is 5.75 Å². The van der Waals surface area contributed by atoms with E-state index in [1.54, 1.807) is 56.3 Å². The largest absolute Gasteiger partial charge is 0.481 e. The molecule has 0 aromatic heterocycles. The first kappa shape index (κ1) is 20.3. The Kier molecular flexibility index (Phi) is 7.19. The number of benzene rings is 2. The van der Waals surface area contributed by atoms with Gasteiger partial charge in [0, 0.05) is 10.7 Å². The molecule has 2 N–H and O–H groups in total. The first-order chi connectivity index (χ1) is 12.8. The number of hydrogen-bond acceptors (Lipinski definition) is 5. The van der Waals surface area contributed by atoms with E-state index < -0.39 is 24.5 Å². The number of nitrogens with one attached hydrogen (secondary N) is 2. The van der Waals surface area contributed by atoms with Gasteiger partial charge in [0.05, 0.1) is 0 Å². The molecule has 0 heterocycles. The van der Waals surface area contributed by atoms with Crippen molar-refractivity contribution in [2.45, 2.75) is 13.8 Å². The number of imide groups is 1. The zero-order chi connectivity index (χ0) is 19.8. The fourth-order valence-electron chi connectivity index (χ4n) is 2.29. The second-order valence-electron chi connectivity index (χ2n) is 5.69. The highest BCUT2D eigenvalue weighted by molar-refractivity contribution is 6.30. The lowest BCUT2D eigenvalue weighted by atomic mass is 10.1. The molecule has 2 aromatic carbocycles. The van der Waals surface area contributed by atoms with E-state index in [1.807, 2.05) is 0 Å². The predicted molar refractivity (Wildman–Crippen MR) is 101 cm³/mol. The Morgan fingerprint density at radius 1 is 1.00 bits per heavy atom. The van der Waals surface area contributed by atoms with E-state index in [2.05, 4.69) is 10.6 Å².